The van der Waals surface area contributed by atoms with Gasteiger partial charge in [0, 0.05) is 19.2 Å². The van der Waals surface area contributed by atoms with Crippen LogP contribution in [0.1, 0.15) is 32.8 Å². The van der Waals surface area contributed by atoms with Crippen molar-refractivity contribution in [1.29, 1.82) is 0 Å². The zero-order valence-electron chi connectivity index (χ0n) is 12.8. The van der Waals surface area contributed by atoms with Crippen molar-refractivity contribution in [3.63, 3.8) is 0 Å². The van der Waals surface area contributed by atoms with E-state index in [9.17, 15) is 4.79 Å². The van der Waals surface area contributed by atoms with Crippen LogP contribution in [0.25, 0.3) is 0 Å². The van der Waals surface area contributed by atoms with Crippen LogP contribution in [0, 0.1) is 5.92 Å². The number of anilines is 2. The lowest BCUT2D eigenvalue weighted by Crippen LogP contribution is -2.37. The summed E-state index contributed by atoms with van der Waals surface area (Å²) in [6.07, 6.45) is 3.20. The van der Waals surface area contributed by atoms with Gasteiger partial charge in [-0.05, 0) is 12.3 Å². The van der Waals surface area contributed by atoms with Crippen molar-refractivity contribution in [2.24, 2.45) is 5.92 Å². The van der Waals surface area contributed by atoms with E-state index in [1.54, 1.807) is 0 Å². The first-order valence-corrected chi connectivity index (χ1v) is 7.02. The predicted molar refractivity (Wildman–Crippen MR) is 81.6 cm³/mol. The molecule has 6 nitrogen and oxygen atoms in total. The summed E-state index contributed by atoms with van der Waals surface area (Å²) < 4.78 is 0. The lowest BCUT2D eigenvalue weighted by Gasteiger charge is -2.21. The summed E-state index contributed by atoms with van der Waals surface area (Å²) in [5.41, 5.74) is 6.81. The smallest absolute Gasteiger partial charge is 0.239 e. The second-order valence-corrected chi connectivity index (χ2v) is 5.37. The van der Waals surface area contributed by atoms with Gasteiger partial charge in [-0.2, -0.15) is 0 Å². The van der Waals surface area contributed by atoms with Crippen molar-refractivity contribution in [3.05, 3.63) is 11.9 Å². The standard InChI is InChI=1S/C14H25N5O/c1-5-6-11-13(15)17-9-18-14(11)19(4)8-12(20)16-7-10(2)3/h9-10H,5-8H2,1-4H3,(H,16,20)(H2,15,17,18). The number of nitrogens with zero attached hydrogens (tertiary/aromatic N) is 3. The summed E-state index contributed by atoms with van der Waals surface area (Å²) in [4.78, 5) is 22.0. The molecule has 0 radical (unpaired) electrons. The van der Waals surface area contributed by atoms with E-state index >= 15 is 0 Å². The van der Waals surface area contributed by atoms with Gasteiger partial charge in [-0.1, -0.05) is 27.2 Å². The van der Waals surface area contributed by atoms with Gasteiger partial charge in [0.25, 0.3) is 0 Å². The Morgan fingerprint density at radius 1 is 1.45 bits per heavy atom. The molecular formula is C14H25N5O. The maximum Gasteiger partial charge on any atom is 0.239 e. The summed E-state index contributed by atoms with van der Waals surface area (Å²) in [5, 5.41) is 2.89. The number of aromatic nitrogens is 2. The molecule has 0 saturated carbocycles. The average molecular weight is 279 g/mol. The Hall–Kier alpha value is -1.85. The van der Waals surface area contributed by atoms with E-state index in [2.05, 4.69) is 36.1 Å². The van der Waals surface area contributed by atoms with Crippen LogP contribution in [-0.2, 0) is 11.2 Å². The first kappa shape index (κ1) is 16.2. The lowest BCUT2D eigenvalue weighted by atomic mass is 10.1. The zero-order chi connectivity index (χ0) is 15.1. The van der Waals surface area contributed by atoms with E-state index in [-0.39, 0.29) is 12.5 Å². The molecule has 3 N–H and O–H groups in total. The number of carbonyl (C=O) groups excluding carboxylic acids is 1. The zero-order valence-corrected chi connectivity index (χ0v) is 12.8. The van der Waals surface area contributed by atoms with Crippen LogP contribution >= 0.6 is 0 Å². The van der Waals surface area contributed by atoms with Gasteiger partial charge in [-0.25, -0.2) is 9.97 Å². The topological polar surface area (TPSA) is 84.1 Å². The Labute approximate surface area is 120 Å². The van der Waals surface area contributed by atoms with E-state index in [4.69, 9.17) is 5.73 Å². The van der Waals surface area contributed by atoms with Crippen molar-refractivity contribution in [2.45, 2.75) is 33.6 Å². The minimum absolute atomic E-state index is 0.0131. The third-order valence-corrected chi connectivity index (χ3v) is 2.91. The number of rotatable bonds is 7. The highest BCUT2D eigenvalue weighted by Gasteiger charge is 2.15. The molecule has 0 atom stereocenters. The van der Waals surface area contributed by atoms with Crippen molar-refractivity contribution >= 4 is 17.5 Å². The molecule has 0 aromatic carbocycles. The Balaban J connectivity index is 2.74. The summed E-state index contributed by atoms with van der Waals surface area (Å²) in [7, 11) is 1.84. The van der Waals surface area contributed by atoms with Crippen LogP contribution in [0.2, 0.25) is 0 Å². The van der Waals surface area contributed by atoms with Crippen LogP contribution < -0.4 is 16.0 Å². The fourth-order valence-electron chi connectivity index (χ4n) is 1.90. The summed E-state index contributed by atoms with van der Waals surface area (Å²) in [6.45, 7) is 7.15. The minimum atomic E-state index is -0.0131. The molecule has 0 bridgehead atoms. The molecular weight excluding hydrogens is 254 g/mol. The van der Waals surface area contributed by atoms with Gasteiger partial charge in [0.05, 0.1) is 6.54 Å². The molecule has 6 heteroatoms. The molecule has 0 fully saturated rings. The predicted octanol–water partition coefficient (Wildman–Crippen LogP) is 1.22. The van der Waals surface area contributed by atoms with Crippen molar-refractivity contribution in [1.82, 2.24) is 15.3 Å². The van der Waals surface area contributed by atoms with Crippen molar-refractivity contribution < 1.29 is 4.79 Å². The van der Waals surface area contributed by atoms with E-state index in [1.165, 1.54) is 6.33 Å². The number of amides is 1. The molecule has 1 aromatic rings. The number of nitrogens with two attached hydrogens (primary N) is 1. The Kier molecular flexibility index (Phi) is 6.21. The first-order valence-electron chi connectivity index (χ1n) is 7.02. The quantitative estimate of drug-likeness (QED) is 0.784. The highest BCUT2D eigenvalue weighted by Crippen LogP contribution is 2.21. The third-order valence-electron chi connectivity index (χ3n) is 2.91. The minimum Gasteiger partial charge on any atom is -0.383 e. The summed E-state index contributed by atoms with van der Waals surface area (Å²) in [5.74, 6) is 1.65. The van der Waals surface area contributed by atoms with Crippen molar-refractivity contribution in [2.75, 3.05) is 30.8 Å². The average Bonchev–Trinajstić information content (AvgIpc) is 2.38. The fourth-order valence-corrected chi connectivity index (χ4v) is 1.90. The summed E-state index contributed by atoms with van der Waals surface area (Å²) in [6, 6.07) is 0. The highest BCUT2D eigenvalue weighted by molar-refractivity contribution is 5.81. The second kappa shape index (κ2) is 7.67. The van der Waals surface area contributed by atoms with Gasteiger partial charge in [-0.15, -0.1) is 0 Å². The molecule has 0 aliphatic heterocycles. The molecule has 112 valence electrons. The Morgan fingerprint density at radius 3 is 2.75 bits per heavy atom. The van der Waals surface area contributed by atoms with Gasteiger partial charge in [0.2, 0.25) is 5.91 Å². The van der Waals surface area contributed by atoms with Crippen LogP contribution in [-0.4, -0.2) is 36.0 Å². The van der Waals surface area contributed by atoms with Gasteiger partial charge in [0.15, 0.2) is 0 Å². The SMILES string of the molecule is CCCc1c(N)ncnc1N(C)CC(=O)NCC(C)C. The molecule has 0 spiro atoms. The number of carbonyl (C=O) groups is 1. The Bertz CT molecular complexity index is 447. The van der Waals surface area contributed by atoms with Crippen LogP contribution in [0.15, 0.2) is 6.33 Å². The van der Waals surface area contributed by atoms with E-state index in [1.807, 2.05) is 11.9 Å². The van der Waals surface area contributed by atoms with E-state index in [0.717, 1.165) is 24.2 Å². The largest absolute Gasteiger partial charge is 0.383 e. The van der Waals surface area contributed by atoms with Gasteiger partial charge in [-0.3, -0.25) is 4.79 Å². The van der Waals surface area contributed by atoms with Gasteiger partial charge in [0.1, 0.15) is 18.0 Å². The molecule has 0 unspecified atom stereocenters. The first-order chi connectivity index (χ1) is 9.45. The second-order valence-electron chi connectivity index (χ2n) is 5.37. The Morgan fingerprint density at radius 2 is 2.15 bits per heavy atom. The van der Waals surface area contributed by atoms with Crippen LogP contribution in [0.5, 0.6) is 0 Å². The van der Waals surface area contributed by atoms with Gasteiger partial charge < -0.3 is 16.0 Å². The fraction of sp³-hybridized carbons (Fsp3) is 0.643. The number of nitrogen functional groups attached to an aromatic ring is 1. The molecule has 0 saturated heterocycles. The highest BCUT2D eigenvalue weighted by atomic mass is 16.2. The third kappa shape index (κ3) is 4.68. The van der Waals surface area contributed by atoms with Gasteiger partial charge >= 0.3 is 0 Å². The molecule has 1 aromatic heterocycles. The normalized spacial score (nSPS) is 10.7. The molecule has 20 heavy (non-hydrogen) atoms. The van der Waals surface area contributed by atoms with Crippen LogP contribution in [0.4, 0.5) is 11.6 Å². The van der Waals surface area contributed by atoms with Crippen molar-refractivity contribution in [3.8, 4) is 0 Å². The number of likely N-dealkylation sites (N-methyl/N-ethyl adjacent to an activating group) is 1. The molecule has 0 aliphatic rings. The van der Waals surface area contributed by atoms with Crippen LogP contribution in [0.3, 0.4) is 0 Å². The van der Waals surface area contributed by atoms with E-state index in [0.29, 0.717) is 18.3 Å². The number of nitrogens with one attached hydrogen (secondary N) is 1. The molecule has 1 amide bonds. The van der Waals surface area contributed by atoms with E-state index < -0.39 is 0 Å². The lowest BCUT2D eigenvalue weighted by molar-refractivity contribution is -0.119. The maximum atomic E-state index is 11.9. The maximum absolute atomic E-state index is 11.9. The monoisotopic (exact) mass is 279 g/mol. The number of hydrogen-bond acceptors (Lipinski definition) is 5. The number of hydrogen-bond donors (Lipinski definition) is 2. The molecule has 0 aliphatic carbocycles. The summed E-state index contributed by atoms with van der Waals surface area (Å²) >= 11 is 0. The molecule has 1 heterocycles. The molecule has 1 rings (SSSR count).